The van der Waals surface area contributed by atoms with Crippen molar-refractivity contribution in [3.05, 3.63) is 59.2 Å². The zero-order chi connectivity index (χ0) is 16.7. The summed E-state index contributed by atoms with van der Waals surface area (Å²) in [6, 6.07) is 14.1. The molecule has 0 fully saturated rings. The van der Waals surface area contributed by atoms with Gasteiger partial charge in [-0.1, -0.05) is 35.9 Å². The number of aliphatic hydroxyl groups is 1. The van der Waals surface area contributed by atoms with E-state index in [-0.39, 0.29) is 18.5 Å². The van der Waals surface area contributed by atoms with Crippen molar-refractivity contribution in [1.82, 2.24) is 5.32 Å². The smallest absolute Gasteiger partial charge is 0.161 e. The second kappa shape index (κ2) is 10.2. The van der Waals surface area contributed by atoms with E-state index in [0.29, 0.717) is 25.4 Å². The number of ether oxygens (including phenoxy) is 2. The van der Waals surface area contributed by atoms with Crippen molar-refractivity contribution in [3.63, 3.8) is 0 Å². The molecule has 0 spiro atoms. The Hall–Kier alpha value is -1.75. The standard InChI is InChI=1S/C19H25NO3.ClH/c1-14-5-4-6-17(9-14)13-23-18-8-7-16(10-19(18)22-3)12-20-11-15(2)21;/h4-10,15,20-21H,11-13H2,1-3H3;1H. The SMILES string of the molecule is COc1cc(CNCC(C)O)ccc1OCc1cccc(C)c1.Cl. The maximum absolute atomic E-state index is 9.27. The number of rotatable bonds is 8. The molecule has 0 heterocycles. The molecule has 0 aliphatic heterocycles. The van der Waals surface area contributed by atoms with Crippen molar-refractivity contribution in [1.29, 1.82) is 0 Å². The molecular weight excluding hydrogens is 326 g/mol. The highest BCUT2D eigenvalue weighted by Crippen LogP contribution is 2.28. The summed E-state index contributed by atoms with van der Waals surface area (Å²) in [5.74, 6) is 1.45. The van der Waals surface area contributed by atoms with Crippen LogP contribution >= 0.6 is 12.4 Å². The van der Waals surface area contributed by atoms with Crippen LogP contribution in [-0.4, -0.2) is 24.9 Å². The third kappa shape index (κ3) is 6.40. The van der Waals surface area contributed by atoms with Crippen LogP contribution in [0, 0.1) is 6.92 Å². The van der Waals surface area contributed by atoms with Crippen molar-refractivity contribution < 1.29 is 14.6 Å². The van der Waals surface area contributed by atoms with E-state index in [2.05, 4.69) is 24.4 Å². The van der Waals surface area contributed by atoms with E-state index >= 15 is 0 Å². The first-order chi connectivity index (χ1) is 11.1. The lowest BCUT2D eigenvalue weighted by Gasteiger charge is -2.13. The van der Waals surface area contributed by atoms with Crippen LogP contribution in [-0.2, 0) is 13.2 Å². The molecule has 0 bridgehead atoms. The van der Waals surface area contributed by atoms with Gasteiger partial charge < -0.3 is 19.9 Å². The van der Waals surface area contributed by atoms with Crippen LogP contribution in [0.5, 0.6) is 11.5 Å². The molecule has 0 aromatic heterocycles. The van der Waals surface area contributed by atoms with Gasteiger partial charge in [0.25, 0.3) is 0 Å². The Bertz CT molecular complexity index is 632. The summed E-state index contributed by atoms with van der Waals surface area (Å²) in [6.07, 6.45) is -0.353. The number of methoxy groups -OCH3 is 1. The van der Waals surface area contributed by atoms with Gasteiger partial charge in [0.1, 0.15) is 6.61 Å². The number of aliphatic hydroxyl groups excluding tert-OH is 1. The third-order valence-corrected chi connectivity index (χ3v) is 3.47. The van der Waals surface area contributed by atoms with Gasteiger partial charge in [0, 0.05) is 13.1 Å². The third-order valence-electron chi connectivity index (χ3n) is 3.47. The fourth-order valence-corrected chi connectivity index (χ4v) is 2.33. The van der Waals surface area contributed by atoms with Gasteiger partial charge in [-0.3, -0.25) is 0 Å². The fourth-order valence-electron chi connectivity index (χ4n) is 2.33. The quantitative estimate of drug-likeness (QED) is 0.764. The van der Waals surface area contributed by atoms with Gasteiger partial charge in [-0.2, -0.15) is 0 Å². The molecule has 0 aliphatic rings. The minimum absolute atomic E-state index is 0. The minimum Gasteiger partial charge on any atom is -0.493 e. The van der Waals surface area contributed by atoms with E-state index in [1.54, 1.807) is 14.0 Å². The van der Waals surface area contributed by atoms with Crippen LogP contribution in [0.4, 0.5) is 0 Å². The molecule has 2 rings (SSSR count). The summed E-state index contributed by atoms with van der Waals surface area (Å²) < 4.78 is 11.3. The molecule has 2 aromatic carbocycles. The molecule has 2 N–H and O–H groups in total. The van der Waals surface area contributed by atoms with Crippen molar-refractivity contribution >= 4 is 12.4 Å². The molecule has 0 aliphatic carbocycles. The molecule has 132 valence electrons. The summed E-state index contributed by atoms with van der Waals surface area (Å²) in [5.41, 5.74) is 3.44. The van der Waals surface area contributed by atoms with Crippen molar-refractivity contribution in [2.24, 2.45) is 0 Å². The molecule has 0 amide bonds. The minimum atomic E-state index is -0.353. The normalized spacial score (nSPS) is 11.5. The maximum atomic E-state index is 9.27. The Morgan fingerprint density at radius 1 is 1.08 bits per heavy atom. The predicted octanol–water partition coefficient (Wildman–Crippen LogP) is 3.47. The van der Waals surface area contributed by atoms with Gasteiger partial charge in [-0.15, -0.1) is 12.4 Å². The number of hydrogen-bond donors (Lipinski definition) is 2. The highest BCUT2D eigenvalue weighted by Gasteiger charge is 2.07. The van der Waals surface area contributed by atoms with E-state index in [9.17, 15) is 5.11 Å². The molecule has 0 saturated heterocycles. The van der Waals surface area contributed by atoms with Crippen molar-refractivity contribution in [3.8, 4) is 11.5 Å². The maximum Gasteiger partial charge on any atom is 0.161 e. The summed E-state index contributed by atoms with van der Waals surface area (Å²) in [5, 5.41) is 12.5. The average Bonchev–Trinajstić information content (AvgIpc) is 2.53. The molecule has 2 aromatic rings. The van der Waals surface area contributed by atoms with E-state index in [4.69, 9.17) is 9.47 Å². The number of benzene rings is 2. The zero-order valence-electron chi connectivity index (χ0n) is 14.4. The van der Waals surface area contributed by atoms with Crippen LogP contribution in [0.2, 0.25) is 0 Å². The van der Waals surface area contributed by atoms with Crippen LogP contribution in [0.3, 0.4) is 0 Å². The first kappa shape index (κ1) is 20.3. The molecule has 24 heavy (non-hydrogen) atoms. The first-order valence-electron chi connectivity index (χ1n) is 7.82. The number of hydrogen-bond acceptors (Lipinski definition) is 4. The Balaban J connectivity index is 0.00000288. The highest BCUT2D eigenvalue weighted by molar-refractivity contribution is 5.85. The van der Waals surface area contributed by atoms with Crippen LogP contribution < -0.4 is 14.8 Å². The van der Waals surface area contributed by atoms with E-state index in [0.717, 1.165) is 16.9 Å². The van der Waals surface area contributed by atoms with Crippen molar-refractivity contribution in [2.75, 3.05) is 13.7 Å². The number of halogens is 1. The molecule has 4 nitrogen and oxygen atoms in total. The molecular formula is C19H26ClNO3. The summed E-state index contributed by atoms with van der Waals surface area (Å²) in [4.78, 5) is 0. The Morgan fingerprint density at radius 2 is 1.88 bits per heavy atom. The average molecular weight is 352 g/mol. The molecule has 5 heteroatoms. The lowest BCUT2D eigenvalue weighted by Crippen LogP contribution is -2.23. The van der Waals surface area contributed by atoms with Crippen LogP contribution in [0.1, 0.15) is 23.6 Å². The monoisotopic (exact) mass is 351 g/mol. The Labute approximate surface area is 150 Å². The van der Waals surface area contributed by atoms with Gasteiger partial charge in [0.05, 0.1) is 13.2 Å². The highest BCUT2D eigenvalue weighted by atomic mass is 35.5. The van der Waals surface area contributed by atoms with Gasteiger partial charge in [-0.05, 0) is 37.1 Å². The van der Waals surface area contributed by atoms with Crippen LogP contribution in [0.25, 0.3) is 0 Å². The zero-order valence-corrected chi connectivity index (χ0v) is 15.2. The lowest BCUT2D eigenvalue weighted by molar-refractivity contribution is 0.191. The van der Waals surface area contributed by atoms with Gasteiger partial charge in [-0.25, -0.2) is 0 Å². The number of nitrogens with one attached hydrogen (secondary N) is 1. The Morgan fingerprint density at radius 3 is 2.54 bits per heavy atom. The predicted molar refractivity (Wildman–Crippen MR) is 99.1 cm³/mol. The van der Waals surface area contributed by atoms with Crippen molar-refractivity contribution in [2.45, 2.75) is 33.1 Å². The molecule has 1 atom stereocenters. The van der Waals surface area contributed by atoms with Gasteiger partial charge in [0.2, 0.25) is 0 Å². The molecule has 1 unspecified atom stereocenters. The molecule has 0 saturated carbocycles. The van der Waals surface area contributed by atoms with E-state index in [1.165, 1.54) is 5.56 Å². The second-order valence-corrected chi connectivity index (χ2v) is 5.74. The van der Waals surface area contributed by atoms with E-state index < -0.39 is 0 Å². The Kier molecular flexibility index (Phi) is 8.61. The van der Waals surface area contributed by atoms with Crippen LogP contribution in [0.15, 0.2) is 42.5 Å². The van der Waals surface area contributed by atoms with Gasteiger partial charge in [0.15, 0.2) is 11.5 Å². The summed E-state index contributed by atoms with van der Waals surface area (Å²) >= 11 is 0. The summed E-state index contributed by atoms with van der Waals surface area (Å²) in [6.45, 7) is 5.58. The van der Waals surface area contributed by atoms with E-state index in [1.807, 2.05) is 30.3 Å². The second-order valence-electron chi connectivity index (χ2n) is 5.74. The topological polar surface area (TPSA) is 50.7 Å². The van der Waals surface area contributed by atoms with Gasteiger partial charge >= 0.3 is 0 Å². The lowest BCUT2D eigenvalue weighted by atomic mass is 10.1. The number of aryl methyl sites for hydroxylation is 1. The fraction of sp³-hybridized carbons (Fsp3) is 0.368. The largest absolute Gasteiger partial charge is 0.493 e. The first-order valence-corrected chi connectivity index (χ1v) is 7.82. The molecule has 0 radical (unpaired) electrons. The summed E-state index contributed by atoms with van der Waals surface area (Å²) in [7, 11) is 1.64.